The summed E-state index contributed by atoms with van der Waals surface area (Å²) in [5.41, 5.74) is 1.54. The van der Waals surface area contributed by atoms with Crippen LogP contribution in [0.2, 0.25) is 0 Å². The average molecular weight is 138 g/mol. The molecule has 10 heavy (non-hydrogen) atoms. The number of hydrogen-bond donors (Lipinski definition) is 0. The molecule has 2 rings (SSSR count). The van der Waals surface area contributed by atoms with Crippen molar-refractivity contribution in [1.29, 1.82) is 0 Å². The van der Waals surface area contributed by atoms with Gasteiger partial charge in [-0.2, -0.15) is 0 Å². The van der Waals surface area contributed by atoms with Crippen LogP contribution in [0.3, 0.4) is 0 Å². The Hall–Kier alpha value is 0. The van der Waals surface area contributed by atoms with Gasteiger partial charge in [0.15, 0.2) is 0 Å². The standard InChI is InChI=1S/C10H18/c1-4-8-9(2,3)10(8)6-5-7-10/h8H,4-7H2,1-3H3. The van der Waals surface area contributed by atoms with E-state index >= 15 is 0 Å². The molecule has 0 aromatic carbocycles. The van der Waals surface area contributed by atoms with Gasteiger partial charge in [0, 0.05) is 0 Å². The first-order chi connectivity index (χ1) is 4.65. The predicted octanol–water partition coefficient (Wildman–Crippen LogP) is 3.22. The first kappa shape index (κ1) is 6.69. The molecule has 0 bridgehead atoms. The summed E-state index contributed by atoms with van der Waals surface area (Å²) in [5, 5.41) is 0. The summed E-state index contributed by atoms with van der Waals surface area (Å²) in [6.07, 6.45) is 5.96. The Bertz CT molecular complexity index is 151. The second-order valence-corrected chi connectivity index (χ2v) is 4.69. The van der Waals surface area contributed by atoms with Crippen LogP contribution in [0.25, 0.3) is 0 Å². The lowest BCUT2D eigenvalue weighted by Crippen LogP contribution is -2.18. The quantitative estimate of drug-likeness (QED) is 0.522. The van der Waals surface area contributed by atoms with Crippen LogP contribution < -0.4 is 0 Å². The minimum Gasteiger partial charge on any atom is -0.0651 e. The second kappa shape index (κ2) is 1.60. The fourth-order valence-electron chi connectivity index (χ4n) is 3.51. The predicted molar refractivity (Wildman–Crippen MR) is 43.8 cm³/mol. The van der Waals surface area contributed by atoms with Gasteiger partial charge in [0.1, 0.15) is 0 Å². The largest absolute Gasteiger partial charge is 0.0651 e. The van der Waals surface area contributed by atoms with Crippen molar-refractivity contribution in [3.63, 3.8) is 0 Å². The molecule has 0 amide bonds. The zero-order chi connectivity index (χ0) is 7.41. The molecule has 0 N–H and O–H groups in total. The fourth-order valence-corrected chi connectivity index (χ4v) is 3.51. The maximum atomic E-state index is 2.46. The number of hydrogen-bond acceptors (Lipinski definition) is 0. The first-order valence-electron chi connectivity index (χ1n) is 4.65. The molecule has 2 aliphatic carbocycles. The van der Waals surface area contributed by atoms with Gasteiger partial charge < -0.3 is 0 Å². The van der Waals surface area contributed by atoms with E-state index in [1.165, 1.54) is 25.7 Å². The van der Waals surface area contributed by atoms with Gasteiger partial charge in [0.05, 0.1) is 0 Å². The van der Waals surface area contributed by atoms with Gasteiger partial charge >= 0.3 is 0 Å². The van der Waals surface area contributed by atoms with Gasteiger partial charge in [-0.3, -0.25) is 0 Å². The monoisotopic (exact) mass is 138 g/mol. The molecule has 0 radical (unpaired) electrons. The summed E-state index contributed by atoms with van der Waals surface area (Å²) in [6.45, 7) is 7.26. The lowest BCUT2D eigenvalue weighted by atomic mass is 9.75. The van der Waals surface area contributed by atoms with Gasteiger partial charge in [-0.1, -0.05) is 33.6 Å². The third kappa shape index (κ3) is 0.466. The third-order valence-electron chi connectivity index (χ3n) is 4.39. The van der Waals surface area contributed by atoms with E-state index < -0.39 is 0 Å². The summed E-state index contributed by atoms with van der Waals surface area (Å²) < 4.78 is 0. The molecule has 58 valence electrons. The molecule has 2 aliphatic rings. The Morgan fingerprint density at radius 1 is 1.30 bits per heavy atom. The van der Waals surface area contributed by atoms with E-state index in [-0.39, 0.29) is 0 Å². The van der Waals surface area contributed by atoms with Crippen molar-refractivity contribution in [2.75, 3.05) is 0 Å². The van der Waals surface area contributed by atoms with Crippen molar-refractivity contribution >= 4 is 0 Å². The Morgan fingerprint density at radius 3 is 2.00 bits per heavy atom. The molecule has 2 fully saturated rings. The summed E-state index contributed by atoms with van der Waals surface area (Å²) >= 11 is 0. The normalized spacial score (nSPS) is 39.3. The molecule has 0 heterocycles. The highest BCUT2D eigenvalue weighted by molar-refractivity contribution is 5.19. The van der Waals surface area contributed by atoms with E-state index in [0.717, 1.165) is 11.3 Å². The minimum atomic E-state index is 0.708. The lowest BCUT2D eigenvalue weighted by Gasteiger charge is -2.29. The van der Waals surface area contributed by atoms with Crippen LogP contribution in [0.15, 0.2) is 0 Å². The Balaban J connectivity index is 2.14. The first-order valence-corrected chi connectivity index (χ1v) is 4.65. The van der Waals surface area contributed by atoms with Gasteiger partial charge in [-0.15, -0.1) is 0 Å². The zero-order valence-corrected chi connectivity index (χ0v) is 7.41. The zero-order valence-electron chi connectivity index (χ0n) is 7.41. The van der Waals surface area contributed by atoms with Crippen molar-refractivity contribution in [2.45, 2.75) is 46.5 Å². The van der Waals surface area contributed by atoms with E-state index in [1.807, 2.05) is 0 Å². The number of rotatable bonds is 1. The van der Waals surface area contributed by atoms with Crippen molar-refractivity contribution in [3.8, 4) is 0 Å². The minimum absolute atomic E-state index is 0.708. The molecule has 1 atom stereocenters. The molecule has 0 aliphatic heterocycles. The molecular formula is C10H18. The Morgan fingerprint density at radius 2 is 1.90 bits per heavy atom. The molecule has 0 heteroatoms. The van der Waals surface area contributed by atoms with Gasteiger partial charge in [0.25, 0.3) is 0 Å². The SMILES string of the molecule is CCC1C(C)(C)C12CCC2. The topological polar surface area (TPSA) is 0 Å². The van der Waals surface area contributed by atoms with E-state index in [4.69, 9.17) is 0 Å². The fraction of sp³-hybridized carbons (Fsp3) is 1.00. The lowest BCUT2D eigenvalue weighted by molar-refractivity contribution is 0.213. The molecule has 1 unspecified atom stereocenters. The smallest absolute Gasteiger partial charge is 0.0210 e. The van der Waals surface area contributed by atoms with Crippen molar-refractivity contribution in [1.82, 2.24) is 0 Å². The van der Waals surface area contributed by atoms with Crippen LogP contribution in [0.1, 0.15) is 46.5 Å². The second-order valence-electron chi connectivity index (χ2n) is 4.69. The van der Waals surface area contributed by atoms with Crippen LogP contribution >= 0.6 is 0 Å². The Labute approximate surface area is 64.0 Å². The molecule has 0 aromatic heterocycles. The maximum Gasteiger partial charge on any atom is -0.0210 e. The van der Waals surface area contributed by atoms with Gasteiger partial charge in [-0.25, -0.2) is 0 Å². The molecule has 0 saturated heterocycles. The third-order valence-corrected chi connectivity index (χ3v) is 4.39. The average Bonchev–Trinajstić information content (AvgIpc) is 2.25. The summed E-state index contributed by atoms with van der Waals surface area (Å²) in [7, 11) is 0. The molecule has 0 nitrogen and oxygen atoms in total. The van der Waals surface area contributed by atoms with Gasteiger partial charge in [-0.05, 0) is 29.6 Å². The van der Waals surface area contributed by atoms with Gasteiger partial charge in [0.2, 0.25) is 0 Å². The maximum absolute atomic E-state index is 2.46. The highest BCUT2D eigenvalue weighted by Crippen LogP contribution is 2.78. The molecule has 1 spiro atoms. The molecular weight excluding hydrogens is 120 g/mol. The van der Waals surface area contributed by atoms with Crippen molar-refractivity contribution in [3.05, 3.63) is 0 Å². The summed E-state index contributed by atoms with van der Waals surface area (Å²) in [6, 6.07) is 0. The summed E-state index contributed by atoms with van der Waals surface area (Å²) in [4.78, 5) is 0. The van der Waals surface area contributed by atoms with Crippen LogP contribution in [-0.4, -0.2) is 0 Å². The van der Waals surface area contributed by atoms with E-state index in [1.54, 1.807) is 0 Å². The van der Waals surface area contributed by atoms with E-state index in [9.17, 15) is 0 Å². The van der Waals surface area contributed by atoms with Crippen molar-refractivity contribution in [2.24, 2.45) is 16.7 Å². The Kier molecular flexibility index (Phi) is 1.07. The highest BCUT2D eigenvalue weighted by Gasteiger charge is 2.71. The highest BCUT2D eigenvalue weighted by atomic mass is 14.8. The van der Waals surface area contributed by atoms with Crippen molar-refractivity contribution < 1.29 is 0 Å². The van der Waals surface area contributed by atoms with Crippen LogP contribution in [0, 0.1) is 16.7 Å². The van der Waals surface area contributed by atoms with Crippen LogP contribution in [0.5, 0.6) is 0 Å². The van der Waals surface area contributed by atoms with Crippen LogP contribution in [-0.2, 0) is 0 Å². The molecule has 0 aromatic rings. The molecule has 2 saturated carbocycles. The van der Waals surface area contributed by atoms with E-state index in [2.05, 4.69) is 20.8 Å². The van der Waals surface area contributed by atoms with E-state index in [0.29, 0.717) is 5.41 Å². The summed E-state index contributed by atoms with van der Waals surface area (Å²) in [5.74, 6) is 1.06. The van der Waals surface area contributed by atoms with Crippen LogP contribution in [0.4, 0.5) is 0 Å².